The van der Waals surface area contributed by atoms with Crippen molar-refractivity contribution in [1.82, 2.24) is 4.98 Å². The monoisotopic (exact) mass is 267 g/mol. The third-order valence-corrected chi connectivity index (χ3v) is 5.43. The average molecular weight is 267 g/mol. The second kappa shape index (κ2) is 4.77. The van der Waals surface area contributed by atoms with Crippen LogP contribution < -0.4 is 4.90 Å². The van der Waals surface area contributed by atoms with Crippen molar-refractivity contribution in [3.05, 3.63) is 22.9 Å². The van der Waals surface area contributed by atoms with Gasteiger partial charge in [-0.05, 0) is 62.0 Å². The van der Waals surface area contributed by atoms with E-state index in [0.717, 1.165) is 49.1 Å². The van der Waals surface area contributed by atoms with Crippen LogP contribution in [0.2, 0.25) is 0 Å². The lowest BCUT2D eigenvalue weighted by molar-refractivity contribution is 0.494. The van der Waals surface area contributed by atoms with Gasteiger partial charge in [0.1, 0.15) is 11.9 Å². The minimum Gasteiger partial charge on any atom is -0.355 e. The molecule has 0 N–H and O–H groups in total. The van der Waals surface area contributed by atoms with Gasteiger partial charge >= 0.3 is 0 Å². The molecule has 2 fully saturated rings. The normalized spacial score (nSPS) is 28.1. The highest BCUT2D eigenvalue weighted by atomic mass is 15.2. The van der Waals surface area contributed by atoms with Crippen LogP contribution >= 0.6 is 0 Å². The Bertz CT molecular complexity index is 560. The molecule has 1 saturated carbocycles. The van der Waals surface area contributed by atoms with Gasteiger partial charge in [-0.15, -0.1) is 0 Å². The zero-order valence-corrected chi connectivity index (χ0v) is 11.9. The topological polar surface area (TPSA) is 39.9 Å². The summed E-state index contributed by atoms with van der Waals surface area (Å²) in [6, 6.07) is 4.50. The number of nitrogens with zero attached hydrogens (tertiary/aromatic N) is 3. The van der Waals surface area contributed by atoms with Gasteiger partial charge in [-0.25, -0.2) is 4.98 Å². The first-order valence-corrected chi connectivity index (χ1v) is 8.03. The first kappa shape index (κ1) is 12.2. The molecule has 0 bridgehead atoms. The molecule has 2 atom stereocenters. The predicted molar refractivity (Wildman–Crippen MR) is 78.6 cm³/mol. The van der Waals surface area contributed by atoms with Crippen molar-refractivity contribution >= 4 is 5.82 Å². The van der Waals surface area contributed by atoms with E-state index in [-0.39, 0.29) is 0 Å². The van der Waals surface area contributed by atoms with E-state index < -0.39 is 0 Å². The first-order chi connectivity index (χ1) is 9.85. The molecule has 1 aromatic rings. The summed E-state index contributed by atoms with van der Waals surface area (Å²) < 4.78 is 0. The van der Waals surface area contributed by atoms with Gasteiger partial charge < -0.3 is 4.90 Å². The van der Waals surface area contributed by atoms with Crippen molar-refractivity contribution in [1.29, 1.82) is 5.26 Å². The molecule has 1 saturated heterocycles. The summed E-state index contributed by atoms with van der Waals surface area (Å²) >= 11 is 0. The van der Waals surface area contributed by atoms with Crippen LogP contribution in [0.25, 0.3) is 0 Å². The fourth-order valence-electron chi connectivity index (χ4n) is 4.35. The lowest BCUT2D eigenvalue weighted by Crippen LogP contribution is -2.24. The van der Waals surface area contributed by atoms with E-state index in [1.54, 1.807) is 0 Å². The number of aryl methyl sites for hydroxylation is 2. The Morgan fingerprint density at radius 2 is 1.85 bits per heavy atom. The van der Waals surface area contributed by atoms with Crippen molar-refractivity contribution in [3.8, 4) is 6.07 Å². The molecule has 1 aliphatic heterocycles. The summed E-state index contributed by atoms with van der Waals surface area (Å²) in [5.74, 6) is 2.67. The molecule has 1 aromatic heterocycles. The Morgan fingerprint density at radius 1 is 1.10 bits per heavy atom. The molecular weight excluding hydrogens is 246 g/mol. The van der Waals surface area contributed by atoms with Crippen molar-refractivity contribution < 1.29 is 0 Å². The van der Waals surface area contributed by atoms with Gasteiger partial charge in [-0.2, -0.15) is 5.26 Å². The van der Waals surface area contributed by atoms with Gasteiger partial charge in [0, 0.05) is 18.8 Å². The zero-order valence-electron chi connectivity index (χ0n) is 11.9. The van der Waals surface area contributed by atoms with Gasteiger partial charge in [-0.3, -0.25) is 0 Å². The standard InChI is InChI=1S/C17H21N3/c18-9-15-8-12-4-1-2-7-16(12)19-17(15)20-10-13-5-3-6-14(13)11-20/h8,13-14H,1-7,10-11H2. The van der Waals surface area contributed by atoms with E-state index in [1.807, 2.05) is 0 Å². The van der Waals surface area contributed by atoms with Crippen molar-refractivity contribution in [3.63, 3.8) is 0 Å². The summed E-state index contributed by atoms with van der Waals surface area (Å²) in [7, 11) is 0. The molecule has 2 heterocycles. The highest BCUT2D eigenvalue weighted by Crippen LogP contribution is 2.40. The Kier molecular flexibility index (Phi) is 2.91. The van der Waals surface area contributed by atoms with Crippen LogP contribution in [0.1, 0.15) is 48.9 Å². The van der Waals surface area contributed by atoms with Crippen molar-refractivity contribution in [2.75, 3.05) is 18.0 Å². The molecule has 20 heavy (non-hydrogen) atoms. The molecule has 4 rings (SSSR count). The van der Waals surface area contributed by atoms with Gasteiger partial charge in [-0.1, -0.05) is 6.42 Å². The van der Waals surface area contributed by atoms with Crippen LogP contribution in [-0.4, -0.2) is 18.1 Å². The van der Waals surface area contributed by atoms with E-state index in [0.29, 0.717) is 0 Å². The molecule has 0 amide bonds. The number of fused-ring (bicyclic) bond motifs is 2. The maximum atomic E-state index is 9.47. The van der Waals surface area contributed by atoms with E-state index >= 15 is 0 Å². The first-order valence-electron chi connectivity index (χ1n) is 8.03. The van der Waals surface area contributed by atoms with E-state index in [4.69, 9.17) is 4.98 Å². The zero-order chi connectivity index (χ0) is 13.5. The number of aromatic nitrogens is 1. The highest BCUT2D eigenvalue weighted by Gasteiger charge is 2.37. The molecule has 3 heteroatoms. The predicted octanol–water partition coefficient (Wildman–Crippen LogP) is 3.07. The van der Waals surface area contributed by atoms with Crippen LogP contribution in [0, 0.1) is 23.2 Å². The summed E-state index contributed by atoms with van der Waals surface area (Å²) in [4.78, 5) is 7.29. The van der Waals surface area contributed by atoms with E-state index in [2.05, 4.69) is 17.0 Å². The van der Waals surface area contributed by atoms with E-state index in [1.165, 1.54) is 43.4 Å². The number of pyridine rings is 1. The number of hydrogen-bond acceptors (Lipinski definition) is 3. The third kappa shape index (κ3) is 1.90. The molecule has 3 aliphatic rings. The number of nitriles is 1. The largest absolute Gasteiger partial charge is 0.355 e. The Morgan fingerprint density at radius 3 is 2.60 bits per heavy atom. The second-order valence-corrected chi connectivity index (χ2v) is 6.64. The average Bonchev–Trinajstić information content (AvgIpc) is 3.07. The lowest BCUT2D eigenvalue weighted by atomic mass is 9.95. The number of anilines is 1. The Hall–Kier alpha value is -1.56. The van der Waals surface area contributed by atoms with E-state index in [9.17, 15) is 5.26 Å². The molecule has 2 unspecified atom stereocenters. The fourth-order valence-corrected chi connectivity index (χ4v) is 4.35. The van der Waals surface area contributed by atoms with Crippen LogP contribution in [-0.2, 0) is 12.8 Å². The Labute approximate surface area is 120 Å². The van der Waals surface area contributed by atoms with Gasteiger partial charge in [0.25, 0.3) is 0 Å². The van der Waals surface area contributed by atoms with Crippen LogP contribution in [0.3, 0.4) is 0 Å². The third-order valence-electron chi connectivity index (χ3n) is 5.43. The Balaban J connectivity index is 1.69. The van der Waals surface area contributed by atoms with Gasteiger partial charge in [0.15, 0.2) is 0 Å². The second-order valence-electron chi connectivity index (χ2n) is 6.64. The summed E-state index contributed by atoms with van der Waals surface area (Å²) in [5, 5.41) is 9.47. The highest BCUT2D eigenvalue weighted by molar-refractivity contribution is 5.57. The summed E-state index contributed by atoms with van der Waals surface area (Å²) in [6.45, 7) is 2.23. The maximum absolute atomic E-state index is 9.47. The van der Waals surface area contributed by atoms with Crippen molar-refractivity contribution in [2.24, 2.45) is 11.8 Å². The fraction of sp³-hybridized carbons (Fsp3) is 0.647. The molecule has 0 spiro atoms. The molecular formula is C17H21N3. The quantitative estimate of drug-likeness (QED) is 0.785. The number of rotatable bonds is 1. The molecule has 0 radical (unpaired) electrons. The SMILES string of the molecule is N#Cc1cc2c(nc1N1CC3CCCC3C1)CCCC2. The van der Waals surface area contributed by atoms with Crippen molar-refractivity contribution in [2.45, 2.75) is 44.9 Å². The summed E-state index contributed by atoms with van der Waals surface area (Å²) in [6.07, 6.45) is 8.81. The van der Waals surface area contributed by atoms with Crippen LogP contribution in [0.5, 0.6) is 0 Å². The minimum atomic E-state index is 0.797. The van der Waals surface area contributed by atoms with Gasteiger partial charge in [0.05, 0.1) is 5.56 Å². The molecule has 3 nitrogen and oxygen atoms in total. The van der Waals surface area contributed by atoms with Crippen LogP contribution in [0.4, 0.5) is 5.82 Å². The lowest BCUT2D eigenvalue weighted by Gasteiger charge is -2.23. The number of hydrogen-bond donors (Lipinski definition) is 0. The minimum absolute atomic E-state index is 0.797. The van der Waals surface area contributed by atoms with Crippen LogP contribution in [0.15, 0.2) is 6.07 Å². The molecule has 0 aromatic carbocycles. The maximum Gasteiger partial charge on any atom is 0.146 e. The summed E-state index contributed by atoms with van der Waals surface area (Å²) in [5.41, 5.74) is 3.36. The van der Waals surface area contributed by atoms with Gasteiger partial charge in [0.2, 0.25) is 0 Å². The smallest absolute Gasteiger partial charge is 0.146 e. The molecule has 104 valence electrons. The molecule has 2 aliphatic carbocycles.